The van der Waals surface area contributed by atoms with Gasteiger partial charge in [-0.05, 0) is 0 Å². The van der Waals surface area contributed by atoms with E-state index in [4.69, 9.17) is 6.42 Å². The summed E-state index contributed by atoms with van der Waals surface area (Å²) < 4.78 is 0. The molecule has 0 aromatic heterocycles. The van der Waals surface area contributed by atoms with Crippen molar-refractivity contribution in [2.75, 3.05) is 24.6 Å². The van der Waals surface area contributed by atoms with Gasteiger partial charge in [0.05, 0.1) is 12.3 Å². The van der Waals surface area contributed by atoms with Crippen molar-refractivity contribution in [2.45, 2.75) is 0 Å². The second-order valence-electron chi connectivity index (χ2n) is 2.07. The largest absolute Gasteiger partial charge is 0.330 e. The van der Waals surface area contributed by atoms with Crippen molar-refractivity contribution in [2.24, 2.45) is 0 Å². The van der Waals surface area contributed by atoms with Gasteiger partial charge in [-0.25, -0.2) is 0 Å². The van der Waals surface area contributed by atoms with E-state index in [-0.39, 0.29) is 5.91 Å². The lowest BCUT2D eigenvalue weighted by atomic mass is 10.4. The van der Waals surface area contributed by atoms with E-state index in [0.717, 1.165) is 12.3 Å². The number of terminal acetylenes is 1. The Hall–Kier alpha value is -0.620. The van der Waals surface area contributed by atoms with Crippen molar-refractivity contribution in [3.63, 3.8) is 0 Å². The zero-order chi connectivity index (χ0) is 7.40. The molecule has 1 fully saturated rings. The molecule has 0 unspecified atom stereocenters. The molecule has 0 saturated carbocycles. The Bertz CT molecular complexity index is 173. The number of carbonyl (C=O) groups is 1. The third-order valence-corrected chi connectivity index (χ3v) is 2.29. The number of hydrogen-bond acceptors (Lipinski definition) is 2. The van der Waals surface area contributed by atoms with Crippen LogP contribution in [0.4, 0.5) is 0 Å². The number of nitrogens with zero attached hydrogens (tertiary/aromatic N) is 1. The van der Waals surface area contributed by atoms with Crippen LogP contribution in [-0.4, -0.2) is 35.4 Å². The van der Waals surface area contributed by atoms with Crippen molar-refractivity contribution < 1.29 is 4.79 Å². The minimum atomic E-state index is 0.175. The topological polar surface area (TPSA) is 20.3 Å². The maximum atomic E-state index is 11.0. The molecule has 1 rings (SSSR count). The molecule has 0 N–H and O–H groups in total. The van der Waals surface area contributed by atoms with Crippen LogP contribution < -0.4 is 0 Å². The summed E-state index contributed by atoms with van der Waals surface area (Å²) in [4.78, 5) is 12.7. The smallest absolute Gasteiger partial charge is 0.233 e. The molecule has 3 heteroatoms. The van der Waals surface area contributed by atoms with Crippen LogP contribution in [0, 0.1) is 12.3 Å². The minimum absolute atomic E-state index is 0.175. The van der Waals surface area contributed by atoms with E-state index in [1.165, 1.54) is 0 Å². The van der Waals surface area contributed by atoms with E-state index >= 15 is 0 Å². The first-order valence-electron chi connectivity index (χ1n) is 3.13. The lowest BCUT2D eigenvalue weighted by Gasteiger charge is -2.23. The van der Waals surface area contributed by atoms with Crippen LogP contribution >= 0.6 is 11.8 Å². The highest BCUT2D eigenvalue weighted by molar-refractivity contribution is 8.00. The van der Waals surface area contributed by atoms with Crippen LogP contribution in [0.2, 0.25) is 0 Å². The maximum absolute atomic E-state index is 11.0. The lowest BCUT2D eigenvalue weighted by Crippen LogP contribution is -2.38. The standard InChI is InChI=1S/C7H9NOS/c1-2-3-8-4-5-10-6-7(8)9/h1H,3-6H2. The number of amides is 1. The average Bonchev–Trinajstić information content (AvgIpc) is 1.94. The van der Waals surface area contributed by atoms with Crippen molar-refractivity contribution in [1.82, 2.24) is 4.90 Å². The second kappa shape index (κ2) is 3.52. The molecule has 0 aliphatic carbocycles. The molecule has 1 aliphatic heterocycles. The first kappa shape index (κ1) is 7.49. The first-order valence-corrected chi connectivity index (χ1v) is 4.29. The Morgan fingerprint density at radius 2 is 2.60 bits per heavy atom. The Kier molecular flexibility index (Phi) is 2.64. The van der Waals surface area contributed by atoms with E-state index in [1.54, 1.807) is 16.7 Å². The molecule has 10 heavy (non-hydrogen) atoms. The van der Waals surface area contributed by atoms with E-state index in [2.05, 4.69) is 5.92 Å². The summed E-state index contributed by atoms with van der Waals surface area (Å²) >= 11 is 1.67. The third-order valence-electron chi connectivity index (χ3n) is 1.37. The summed E-state index contributed by atoms with van der Waals surface area (Å²) in [6.07, 6.45) is 5.07. The molecule has 1 saturated heterocycles. The molecule has 0 aromatic carbocycles. The zero-order valence-corrected chi connectivity index (χ0v) is 6.49. The fourth-order valence-electron chi connectivity index (χ4n) is 0.828. The molecule has 0 atom stereocenters. The van der Waals surface area contributed by atoms with Gasteiger partial charge in [0.25, 0.3) is 0 Å². The first-order chi connectivity index (χ1) is 4.84. The monoisotopic (exact) mass is 155 g/mol. The molecule has 0 spiro atoms. The van der Waals surface area contributed by atoms with E-state index in [9.17, 15) is 4.79 Å². The number of carbonyl (C=O) groups excluding carboxylic acids is 1. The molecule has 1 heterocycles. The van der Waals surface area contributed by atoms with Crippen molar-refractivity contribution in [3.05, 3.63) is 0 Å². The van der Waals surface area contributed by atoms with E-state index in [1.807, 2.05) is 0 Å². The van der Waals surface area contributed by atoms with Gasteiger partial charge >= 0.3 is 0 Å². The number of thioether (sulfide) groups is 1. The Morgan fingerprint density at radius 1 is 1.80 bits per heavy atom. The summed E-state index contributed by atoms with van der Waals surface area (Å²) in [5.41, 5.74) is 0. The second-order valence-corrected chi connectivity index (χ2v) is 3.18. The molecular formula is C7H9NOS. The number of rotatable bonds is 1. The zero-order valence-electron chi connectivity index (χ0n) is 5.67. The molecule has 54 valence electrons. The minimum Gasteiger partial charge on any atom is -0.330 e. The normalized spacial score (nSPS) is 18.7. The van der Waals surface area contributed by atoms with Gasteiger partial charge in [-0.1, -0.05) is 5.92 Å². The van der Waals surface area contributed by atoms with E-state index in [0.29, 0.717) is 12.3 Å². The van der Waals surface area contributed by atoms with Crippen molar-refractivity contribution in [1.29, 1.82) is 0 Å². The quantitative estimate of drug-likeness (QED) is 0.504. The fraction of sp³-hybridized carbons (Fsp3) is 0.571. The van der Waals surface area contributed by atoms with Gasteiger partial charge in [-0.3, -0.25) is 4.79 Å². The maximum Gasteiger partial charge on any atom is 0.233 e. The van der Waals surface area contributed by atoms with Gasteiger partial charge in [0.2, 0.25) is 5.91 Å². The van der Waals surface area contributed by atoms with Crippen LogP contribution in [0.1, 0.15) is 0 Å². The molecule has 1 aliphatic rings. The molecule has 0 aromatic rings. The molecule has 1 amide bonds. The van der Waals surface area contributed by atoms with Gasteiger partial charge in [0.15, 0.2) is 0 Å². The van der Waals surface area contributed by atoms with Gasteiger partial charge in [0, 0.05) is 12.3 Å². The van der Waals surface area contributed by atoms with Crippen LogP contribution in [0.3, 0.4) is 0 Å². The van der Waals surface area contributed by atoms with Crippen molar-refractivity contribution in [3.8, 4) is 12.3 Å². The average molecular weight is 155 g/mol. The Labute approximate surface area is 65.0 Å². The van der Waals surface area contributed by atoms with Crippen molar-refractivity contribution >= 4 is 17.7 Å². The molecule has 2 nitrogen and oxygen atoms in total. The molecule has 0 bridgehead atoms. The predicted molar refractivity (Wildman–Crippen MR) is 42.7 cm³/mol. The Morgan fingerprint density at radius 3 is 3.20 bits per heavy atom. The van der Waals surface area contributed by atoms with Crippen LogP contribution in [0.5, 0.6) is 0 Å². The molecule has 0 radical (unpaired) electrons. The van der Waals surface area contributed by atoms with Crippen LogP contribution in [-0.2, 0) is 4.79 Å². The lowest BCUT2D eigenvalue weighted by molar-refractivity contribution is -0.127. The summed E-state index contributed by atoms with van der Waals surface area (Å²) in [7, 11) is 0. The highest BCUT2D eigenvalue weighted by atomic mass is 32.2. The predicted octanol–water partition coefficient (Wildman–Crippen LogP) is 0.195. The van der Waals surface area contributed by atoms with Crippen LogP contribution in [0.15, 0.2) is 0 Å². The van der Waals surface area contributed by atoms with Gasteiger partial charge < -0.3 is 4.90 Å². The van der Waals surface area contributed by atoms with Gasteiger partial charge in [-0.15, -0.1) is 6.42 Å². The fourth-order valence-corrected chi connectivity index (χ4v) is 1.68. The van der Waals surface area contributed by atoms with Crippen LogP contribution in [0.25, 0.3) is 0 Å². The van der Waals surface area contributed by atoms with Gasteiger partial charge in [0.1, 0.15) is 0 Å². The summed E-state index contributed by atoms with van der Waals surface area (Å²) in [5.74, 6) is 4.26. The summed E-state index contributed by atoms with van der Waals surface area (Å²) in [6, 6.07) is 0. The SMILES string of the molecule is C#CCN1CCSCC1=O. The van der Waals surface area contributed by atoms with Gasteiger partial charge in [-0.2, -0.15) is 11.8 Å². The highest BCUT2D eigenvalue weighted by Crippen LogP contribution is 2.09. The number of hydrogen-bond donors (Lipinski definition) is 0. The summed E-state index contributed by atoms with van der Waals surface area (Å²) in [6.45, 7) is 1.28. The Balaban J connectivity index is 2.42. The van der Waals surface area contributed by atoms with E-state index < -0.39 is 0 Å². The molecular weight excluding hydrogens is 146 g/mol. The third kappa shape index (κ3) is 1.68. The highest BCUT2D eigenvalue weighted by Gasteiger charge is 2.16. The summed E-state index contributed by atoms with van der Waals surface area (Å²) in [5, 5.41) is 0.